The third-order valence-corrected chi connectivity index (χ3v) is 7.12. The second kappa shape index (κ2) is 11.8. The number of para-hydroxylation sites is 2. The Kier molecular flexibility index (Phi) is 8.76. The first-order valence-electron chi connectivity index (χ1n) is 11.5. The average molecular weight is 497 g/mol. The zero-order valence-electron chi connectivity index (χ0n) is 20.6. The summed E-state index contributed by atoms with van der Waals surface area (Å²) in [5.41, 5.74) is 3.40. The van der Waals surface area contributed by atoms with Crippen LogP contribution in [0.3, 0.4) is 0 Å². The SMILES string of the molecule is CCOc1ccccc1N(CC(=O)NCCOc1ccc(C)cc1C)S(=O)(=O)c1ccc(C)cc1. The first kappa shape index (κ1) is 26.1. The third-order valence-electron chi connectivity index (χ3n) is 5.34. The molecule has 0 fully saturated rings. The molecule has 3 aromatic carbocycles. The van der Waals surface area contributed by atoms with Crippen molar-refractivity contribution in [3.8, 4) is 11.5 Å². The Morgan fingerprint density at radius 3 is 2.26 bits per heavy atom. The van der Waals surface area contributed by atoms with E-state index in [0.717, 1.165) is 26.7 Å². The predicted molar refractivity (Wildman–Crippen MR) is 138 cm³/mol. The van der Waals surface area contributed by atoms with Gasteiger partial charge < -0.3 is 14.8 Å². The molecule has 1 N–H and O–H groups in total. The van der Waals surface area contributed by atoms with Crippen LogP contribution in [-0.2, 0) is 14.8 Å². The van der Waals surface area contributed by atoms with Gasteiger partial charge in [-0.05, 0) is 63.6 Å². The number of hydrogen-bond acceptors (Lipinski definition) is 5. The Bertz CT molecular complexity index is 1260. The maximum Gasteiger partial charge on any atom is 0.264 e. The van der Waals surface area contributed by atoms with Crippen LogP contribution in [0.25, 0.3) is 0 Å². The lowest BCUT2D eigenvalue weighted by Gasteiger charge is -2.26. The molecule has 0 bridgehead atoms. The number of aryl methyl sites for hydroxylation is 3. The van der Waals surface area contributed by atoms with Crippen LogP contribution in [0.4, 0.5) is 5.69 Å². The van der Waals surface area contributed by atoms with Crippen molar-refractivity contribution >= 4 is 21.6 Å². The van der Waals surface area contributed by atoms with E-state index >= 15 is 0 Å². The fourth-order valence-electron chi connectivity index (χ4n) is 3.58. The molecule has 0 saturated heterocycles. The average Bonchev–Trinajstić information content (AvgIpc) is 2.82. The third kappa shape index (κ3) is 6.76. The summed E-state index contributed by atoms with van der Waals surface area (Å²) in [4.78, 5) is 12.9. The highest BCUT2D eigenvalue weighted by Gasteiger charge is 2.29. The number of nitrogens with one attached hydrogen (secondary N) is 1. The summed E-state index contributed by atoms with van der Waals surface area (Å²) in [6, 6.07) is 19.2. The molecule has 0 atom stereocenters. The van der Waals surface area contributed by atoms with Crippen molar-refractivity contribution in [2.75, 3.05) is 30.6 Å². The number of ether oxygens (including phenoxy) is 2. The van der Waals surface area contributed by atoms with Crippen molar-refractivity contribution in [1.82, 2.24) is 5.32 Å². The summed E-state index contributed by atoms with van der Waals surface area (Å²) in [5, 5.41) is 2.76. The Labute approximate surface area is 207 Å². The number of benzene rings is 3. The van der Waals surface area contributed by atoms with Crippen LogP contribution in [0, 0.1) is 20.8 Å². The van der Waals surface area contributed by atoms with Gasteiger partial charge in [0.1, 0.15) is 24.7 Å². The topological polar surface area (TPSA) is 84.9 Å². The van der Waals surface area contributed by atoms with Gasteiger partial charge in [-0.15, -0.1) is 0 Å². The van der Waals surface area contributed by atoms with E-state index in [1.807, 2.05) is 45.9 Å². The molecule has 0 aromatic heterocycles. The molecule has 0 aliphatic heterocycles. The van der Waals surface area contributed by atoms with E-state index < -0.39 is 22.5 Å². The van der Waals surface area contributed by atoms with Crippen molar-refractivity contribution in [3.05, 3.63) is 83.4 Å². The van der Waals surface area contributed by atoms with E-state index in [1.165, 1.54) is 12.1 Å². The summed E-state index contributed by atoms with van der Waals surface area (Å²) >= 11 is 0. The number of nitrogens with zero attached hydrogens (tertiary/aromatic N) is 1. The summed E-state index contributed by atoms with van der Waals surface area (Å²) < 4.78 is 39.7. The largest absolute Gasteiger partial charge is 0.492 e. The fourth-order valence-corrected chi connectivity index (χ4v) is 5.01. The summed E-state index contributed by atoms with van der Waals surface area (Å²) in [7, 11) is -4.03. The van der Waals surface area contributed by atoms with Crippen LogP contribution in [-0.4, -0.2) is 40.6 Å². The Hall–Kier alpha value is -3.52. The summed E-state index contributed by atoms with van der Waals surface area (Å²) in [6.45, 7) is 8.13. The van der Waals surface area contributed by atoms with Crippen LogP contribution in [0.5, 0.6) is 11.5 Å². The lowest BCUT2D eigenvalue weighted by molar-refractivity contribution is -0.119. The van der Waals surface area contributed by atoms with Crippen LogP contribution in [0.2, 0.25) is 0 Å². The molecule has 0 unspecified atom stereocenters. The van der Waals surface area contributed by atoms with Gasteiger partial charge in [0, 0.05) is 0 Å². The first-order valence-corrected chi connectivity index (χ1v) is 12.9. The van der Waals surface area contributed by atoms with Crippen molar-refractivity contribution in [1.29, 1.82) is 0 Å². The highest BCUT2D eigenvalue weighted by molar-refractivity contribution is 7.92. The first-order chi connectivity index (χ1) is 16.7. The van der Waals surface area contributed by atoms with E-state index in [1.54, 1.807) is 36.4 Å². The number of anilines is 1. The second-order valence-corrected chi connectivity index (χ2v) is 10.1. The highest BCUT2D eigenvalue weighted by atomic mass is 32.2. The molecule has 3 rings (SSSR count). The molecule has 186 valence electrons. The van der Waals surface area contributed by atoms with Crippen LogP contribution < -0.4 is 19.1 Å². The number of carbonyl (C=O) groups is 1. The van der Waals surface area contributed by atoms with Gasteiger partial charge in [-0.1, -0.05) is 47.5 Å². The van der Waals surface area contributed by atoms with Crippen LogP contribution in [0.15, 0.2) is 71.6 Å². The number of hydrogen-bond donors (Lipinski definition) is 1. The van der Waals surface area contributed by atoms with Crippen molar-refractivity contribution in [2.24, 2.45) is 0 Å². The van der Waals surface area contributed by atoms with E-state index in [2.05, 4.69) is 5.32 Å². The number of sulfonamides is 1. The molecular formula is C27H32N2O5S. The van der Waals surface area contributed by atoms with E-state index in [0.29, 0.717) is 18.0 Å². The number of amides is 1. The highest BCUT2D eigenvalue weighted by Crippen LogP contribution is 2.32. The zero-order valence-corrected chi connectivity index (χ0v) is 21.4. The van der Waals surface area contributed by atoms with Gasteiger partial charge in [0.2, 0.25) is 5.91 Å². The molecule has 0 aliphatic carbocycles. The molecule has 35 heavy (non-hydrogen) atoms. The second-order valence-electron chi connectivity index (χ2n) is 8.19. The summed E-state index contributed by atoms with van der Waals surface area (Å²) in [6.07, 6.45) is 0. The molecule has 0 saturated carbocycles. The quantitative estimate of drug-likeness (QED) is 0.398. The molecule has 1 amide bonds. The van der Waals surface area contributed by atoms with Gasteiger partial charge in [0.25, 0.3) is 10.0 Å². The van der Waals surface area contributed by atoms with Crippen molar-refractivity contribution in [2.45, 2.75) is 32.6 Å². The Balaban J connectivity index is 1.76. The summed E-state index contributed by atoms with van der Waals surface area (Å²) in [5.74, 6) is 0.687. The van der Waals surface area contributed by atoms with Gasteiger partial charge in [-0.25, -0.2) is 8.42 Å². The lowest BCUT2D eigenvalue weighted by Crippen LogP contribution is -2.42. The zero-order chi connectivity index (χ0) is 25.4. The van der Waals surface area contributed by atoms with Gasteiger partial charge in [-0.2, -0.15) is 0 Å². The Morgan fingerprint density at radius 2 is 1.57 bits per heavy atom. The van der Waals surface area contributed by atoms with Crippen molar-refractivity contribution < 1.29 is 22.7 Å². The maximum atomic E-state index is 13.6. The molecule has 0 aliphatic rings. The molecule has 3 aromatic rings. The number of carbonyl (C=O) groups excluding carboxylic acids is 1. The molecule has 0 spiro atoms. The fraction of sp³-hybridized carbons (Fsp3) is 0.296. The molecule has 0 heterocycles. The lowest BCUT2D eigenvalue weighted by atomic mass is 10.1. The molecule has 8 heteroatoms. The van der Waals surface area contributed by atoms with Crippen molar-refractivity contribution in [3.63, 3.8) is 0 Å². The molecular weight excluding hydrogens is 464 g/mol. The van der Waals surface area contributed by atoms with Crippen LogP contribution >= 0.6 is 0 Å². The monoisotopic (exact) mass is 496 g/mol. The van der Waals surface area contributed by atoms with Gasteiger partial charge in [0.15, 0.2) is 0 Å². The number of rotatable bonds is 11. The van der Waals surface area contributed by atoms with Gasteiger partial charge in [0.05, 0.1) is 23.7 Å². The normalized spacial score (nSPS) is 11.1. The minimum atomic E-state index is -4.03. The van der Waals surface area contributed by atoms with Crippen LogP contribution in [0.1, 0.15) is 23.6 Å². The maximum absolute atomic E-state index is 13.6. The molecule has 7 nitrogen and oxygen atoms in total. The minimum Gasteiger partial charge on any atom is -0.492 e. The van der Waals surface area contributed by atoms with E-state index in [9.17, 15) is 13.2 Å². The Morgan fingerprint density at radius 1 is 0.886 bits per heavy atom. The molecule has 0 radical (unpaired) electrons. The standard InChI is InChI=1S/C27H32N2O5S/c1-5-33-26-9-7-6-8-24(26)29(35(31,32)23-13-10-20(2)11-14-23)19-27(30)28-16-17-34-25-15-12-21(3)18-22(25)4/h6-15,18H,5,16-17,19H2,1-4H3,(H,28,30). The smallest absolute Gasteiger partial charge is 0.264 e. The predicted octanol–water partition coefficient (Wildman–Crippen LogP) is 4.40. The van der Waals surface area contributed by atoms with Gasteiger partial charge >= 0.3 is 0 Å². The van der Waals surface area contributed by atoms with E-state index in [4.69, 9.17) is 9.47 Å². The van der Waals surface area contributed by atoms with Gasteiger partial charge in [-0.3, -0.25) is 9.10 Å². The van der Waals surface area contributed by atoms with E-state index in [-0.39, 0.29) is 18.0 Å². The minimum absolute atomic E-state index is 0.0976.